The van der Waals surface area contributed by atoms with Crippen LogP contribution in [0.1, 0.15) is 44.8 Å². The third-order valence-corrected chi connectivity index (χ3v) is 7.03. The van der Waals surface area contributed by atoms with Crippen LogP contribution in [0.4, 0.5) is 5.69 Å². The molecule has 0 aromatic heterocycles. The average Bonchev–Trinajstić information content (AvgIpc) is 2.99. The number of anilines is 1. The van der Waals surface area contributed by atoms with Crippen LogP contribution in [0.25, 0.3) is 0 Å². The average molecular weight is 520 g/mol. The molecule has 39 heavy (non-hydrogen) atoms. The topological polar surface area (TPSA) is 61.9 Å². The number of nitrogens with zero attached hydrogens (tertiary/aromatic N) is 2. The van der Waals surface area contributed by atoms with Crippen molar-refractivity contribution in [3.63, 3.8) is 0 Å². The Morgan fingerprint density at radius 1 is 0.744 bits per heavy atom. The lowest BCUT2D eigenvalue weighted by atomic mass is 9.96. The predicted molar refractivity (Wildman–Crippen MR) is 154 cm³/mol. The molecule has 1 heterocycles. The van der Waals surface area contributed by atoms with E-state index in [1.165, 1.54) is 11.1 Å². The SMILES string of the molecule is CCOc1ccc(C(=O)Nc2ccccc2C(=O)N2CCN(C(c3ccccc3)c3ccccc3)CC2)cc1. The first-order chi connectivity index (χ1) is 19.1. The summed E-state index contributed by atoms with van der Waals surface area (Å²) in [7, 11) is 0. The molecule has 0 unspecified atom stereocenters. The van der Waals surface area contributed by atoms with Crippen molar-refractivity contribution in [3.8, 4) is 5.75 Å². The van der Waals surface area contributed by atoms with E-state index in [0.29, 0.717) is 42.3 Å². The molecule has 0 bridgehead atoms. The van der Waals surface area contributed by atoms with Crippen LogP contribution < -0.4 is 10.1 Å². The Hall–Kier alpha value is -4.42. The van der Waals surface area contributed by atoms with Gasteiger partial charge in [0.1, 0.15) is 5.75 Å². The van der Waals surface area contributed by atoms with Crippen molar-refractivity contribution in [1.29, 1.82) is 0 Å². The van der Waals surface area contributed by atoms with E-state index in [0.717, 1.165) is 13.1 Å². The minimum absolute atomic E-state index is 0.0757. The number of ether oxygens (including phenoxy) is 1. The maximum atomic E-state index is 13.6. The molecule has 1 fully saturated rings. The Kier molecular flexibility index (Phi) is 8.34. The smallest absolute Gasteiger partial charge is 0.256 e. The second kappa shape index (κ2) is 12.4. The van der Waals surface area contributed by atoms with Crippen molar-refractivity contribution < 1.29 is 14.3 Å². The number of hydrogen-bond acceptors (Lipinski definition) is 4. The third-order valence-electron chi connectivity index (χ3n) is 7.03. The van der Waals surface area contributed by atoms with Crippen molar-refractivity contribution in [2.45, 2.75) is 13.0 Å². The first kappa shape index (κ1) is 26.2. The second-order valence-corrected chi connectivity index (χ2v) is 9.51. The van der Waals surface area contributed by atoms with E-state index in [2.05, 4.69) is 58.7 Å². The summed E-state index contributed by atoms with van der Waals surface area (Å²) in [5.41, 5.74) is 3.99. The van der Waals surface area contributed by atoms with Crippen LogP contribution in [-0.2, 0) is 0 Å². The van der Waals surface area contributed by atoms with Gasteiger partial charge >= 0.3 is 0 Å². The van der Waals surface area contributed by atoms with Gasteiger partial charge in [-0.2, -0.15) is 0 Å². The molecule has 1 aliphatic heterocycles. The van der Waals surface area contributed by atoms with Gasteiger partial charge in [0, 0.05) is 31.7 Å². The van der Waals surface area contributed by atoms with Gasteiger partial charge in [-0.25, -0.2) is 0 Å². The number of para-hydroxylation sites is 1. The Balaban J connectivity index is 1.28. The molecule has 2 amide bonds. The van der Waals surface area contributed by atoms with Gasteiger partial charge in [-0.1, -0.05) is 72.8 Å². The van der Waals surface area contributed by atoms with Crippen LogP contribution in [0.2, 0.25) is 0 Å². The maximum Gasteiger partial charge on any atom is 0.256 e. The van der Waals surface area contributed by atoms with Crippen molar-refractivity contribution in [2.75, 3.05) is 38.1 Å². The maximum absolute atomic E-state index is 13.6. The number of hydrogen-bond donors (Lipinski definition) is 1. The van der Waals surface area contributed by atoms with Crippen molar-refractivity contribution in [1.82, 2.24) is 9.80 Å². The van der Waals surface area contributed by atoms with Crippen LogP contribution in [0.15, 0.2) is 109 Å². The summed E-state index contributed by atoms with van der Waals surface area (Å²) in [5, 5.41) is 2.93. The van der Waals surface area contributed by atoms with E-state index in [9.17, 15) is 9.59 Å². The zero-order valence-electron chi connectivity index (χ0n) is 22.1. The zero-order valence-corrected chi connectivity index (χ0v) is 22.1. The number of benzene rings is 4. The molecule has 0 atom stereocenters. The molecule has 198 valence electrons. The Labute approximate surface area is 229 Å². The standard InChI is InChI=1S/C33H33N3O3/c1-2-39-28-19-17-27(18-20-28)32(37)34-30-16-10-9-15-29(30)33(38)36-23-21-35(22-24-36)31(25-11-5-3-6-12-25)26-13-7-4-8-14-26/h3-20,31H,2,21-24H2,1H3,(H,34,37). The van der Waals surface area contributed by atoms with Crippen LogP contribution in [0, 0.1) is 0 Å². The van der Waals surface area contributed by atoms with Gasteiger partial charge in [-0.3, -0.25) is 14.5 Å². The largest absolute Gasteiger partial charge is 0.494 e. The molecule has 0 saturated carbocycles. The number of piperazine rings is 1. The van der Waals surface area contributed by atoms with Gasteiger partial charge in [-0.05, 0) is 54.4 Å². The lowest BCUT2D eigenvalue weighted by Crippen LogP contribution is -2.50. The van der Waals surface area contributed by atoms with E-state index in [1.54, 1.807) is 36.4 Å². The molecule has 0 spiro atoms. The first-order valence-corrected chi connectivity index (χ1v) is 13.4. The van der Waals surface area contributed by atoms with Crippen LogP contribution >= 0.6 is 0 Å². The lowest BCUT2D eigenvalue weighted by molar-refractivity contribution is 0.0598. The van der Waals surface area contributed by atoms with Gasteiger partial charge in [0.2, 0.25) is 0 Å². The molecular formula is C33H33N3O3. The summed E-state index contributed by atoms with van der Waals surface area (Å²) < 4.78 is 5.46. The zero-order chi connectivity index (χ0) is 27.0. The van der Waals surface area contributed by atoms with Gasteiger partial charge < -0.3 is 15.0 Å². The van der Waals surface area contributed by atoms with Crippen molar-refractivity contribution in [2.24, 2.45) is 0 Å². The van der Waals surface area contributed by atoms with Gasteiger partial charge in [-0.15, -0.1) is 0 Å². The summed E-state index contributed by atoms with van der Waals surface area (Å²) in [6.45, 7) is 5.20. The first-order valence-electron chi connectivity index (χ1n) is 13.4. The predicted octanol–water partition coefficient (Wildman–Crippen LogP) is 5.89. The molecule has 4 aromatic carbocycles. The number of rotatable bonds is 8. The van der Waals surface area contributed by atoms with Crippen LogP contribution in [-0.4, -0.2) is 54.4 Å². The molecule has 4 aromatic rings. The highest BCUT2D eigenvalue weighted by Crippen LogP contribution is 2.30. The van der Waals surface area contributed by atoms with E-state index in [-0.39, 0.29) is 17.9 Å². The molecule has 1 saturated heterocycles. The third kappa shape index (κ3) is 6.19. The molecule has 0 aliphatic carbocycles. The molecule has 1 aliphatic rings. The van der Waals surface area contributed by atoms with E-state index >= 15 is 0 Å². The monoisotopic (exact) mass is 519 g/mol. The fourth-order valence-corrected chi connectivity index (χ4v) is 5.08. The minimum Gasteiger partial charge on any atom is -0.494 e. The van der Waals surface area contributed by atoms with Crippen molar-refractivity contribution >= 4 is 17.5 Å². The quantitative estimate of drug-likeness (QED) is 0.316. The number of carbonyl (C=O) groups excluding carboxylic acids is 2. The van der Waals surface area contributed by atoms with E-state index in [1.807, 2.05) is 36.1 Å². The van der Waals surface area contributed by atoms with Crippen molar-refractivity contribution in [3.05, 3.63) is 131 Å². The summed E-state index contributed by atoms with van der Waals surface area (Å²) >= 11 is 0. The Morgan fingerprint density at radius 2 is 1.31 bits per heavy atom. The minimum atomic E-state index is -0.267. The highest BCUT2D eigenvalue weighted by atomic mass is 16.5. The van der Waals surface area contributed by atoms with Crippen LogP contribution in [0.3, 0.4) is 0 Å². The summed E-state index contributed by atoms with van der Waals surface area (Å²) in [4.78, 5) is 30.9. The normalized spacial score (nSPS) is 13.7. The number of carbonyl (C=O) groups is 2. The van der Waals surface area contributed by atoms with Gasteiger partial charge in [0.25, 0.3) is 11.8 Å². The highest BCUT2D eigenvalue weighted by molar-refractivity contribution is 6.09. The molecule has 6 heteroatoms. The van der Waals surface area contributed by atoms with E-state index < -0.39 is 0 Å². The van der Waals surface area contributed by atoms with E-state index in [4.69, 9.17) is 4.74 Å². The number of amides is 2. The Morgan fingerprint density at radius 3 is 1.90 bits per heavy atom. The molecular weight excluding hydrogens is 486 g/mol. The van der Waals surface area contributed by atoms with Gasteiger partial charge in [0.05, 0.1) is 23.9 Å². The molecule has 6 nitrogen and oxygen atoms in total. The highest BCUT2D eigenvalue weighted by Gasteiger charge is 2.29. The summed E-state index contributed by atoms with van der Waals surface area (Å²) in [6.07, 6.45) is 0. The molecule has 1 N–H and O–H groups in total. The summed E-state index contributed by atoms with van der Waals surface area (Å²) in [5.74, 6) is 0.371. The fourth-order valence-electron chi connectivity index (χ4n) is 5.08. The molecule has 0 radical (unpaired) electrons. The van der Waals surface area contributed by atoms with Crippen LogP contribution in [0.5, 0.6) is 5.75 Å². The summed E-state index contributed by atoms with van der Waals surface area (Å²) in [6, 6.07) is 35.3. The number of nitrogens with one attached hydrogen (secondary N) is 1. The molecule has 5 rings (SSSR count). The second-order valence-electron chi connectivity index (χ2n) is 9.51. The van der Waals surface area contributed by atoms with Gasteiger partial charge in [0.15, 0.2) is 0 Å². The Bertz CT molecular complexity index is 1340. The lowest BCUT2D eigenvalue weighted by Gasteiger charge is -2.40. The fraction of sp³-hybridized carbons (Fsp3) is 0.212.